The van der Waals surface area contributed by atoms with Crippen LogP contribution in [0.2, 0.25) is 0 Å². The molecular formula is C11H11FO5. The second kappa shape index (κ2) is 5.83. The van der Waals surface area contributed by atoms with Crippen LogP contribution < -0.4 is 4.74 Å². The Labute approximate surface area is 97.1 Å². The largest absolute Gasteiger partial charge is 0.481 e. The lowest BCUT2D eigenvalue weighted by Crippen LogP contribution is -2.14. The van der Waals surface area contributed by atoms with Crippen LogP contribution in [0.1, 0.15) is 10.4 Å². The molecule has 0 fully saturated rings. The lowest BCUT2D eigenvalue weighted by atomic mass is 10.2. The van der Waals surface area contributed by atoms with Crippen molar-refractivity contribution in [3.05, 3.63) is 29.6 Å². The van der Waals surface area contributed by atoms with Crippen molar-refractivity contribution in [2.24, 2.45) is 0 Å². The number of hydrogen-bond acceptors (Lipinski definition) is 5. The van der Waals surface area contributed by atoms with Crippen molar-refractivity contribution in [1.29, 1.82) is 0 Å². The predicted molar refractivity (Wildman–Crippen MR) is 55.3 cm³/mol. The third kappa shape index (κ3) is 3.44. The Morgan fingerprint density at radius 2 is 1.94 bits per heavy atom. The summed E-state index contributed by atoms with van der Waals surface area (Å²) in [6.45, 7) is -0.369. The standard InChI is InChI=1S/C11H11FO5/c1-15-10(13)6-17-9-4-3-7(12)5-8(9)11(14)16-2/h3-5H,6H2,1-2H3. The number of carbonyl (C=O) groups excluding carboxylic acids is 2. The Hall–Kier alpha value is -2.11. The van der Waals surface area contributed by atoms with Crippen LogP contribution in [0.4, 0.5) is 4.39 Å². The van der Waals surface area contributed by atoms with Crippen molar-refractivity contribution in [3.8, 4) is 5.75 Å². The number of ether oxygens (including phenoxy) is 3. The lowest BCUT2D eigenvalue weighted by molar-refractivity contribution is -0.142. The lowest BCUT2D eigenvalue weighted by Gasteiger charge is -2.09. The molecule has 0 radical (unpaired) electrons. The molecule has 0 atom stereocenters. The average molecular weight is 242 g/mol. The number of methoxy groups -OCH3 is 2. The SMILES string of the molecule is COC(=O)COc1ccc(F)cc1C(=O)OC. The van der Waals surface area contributed by atoms with Gasteiger partial charge >= 0.3 is 11.9 Å². The van der Waals surface area contributed by atoms with Gasteiger partial charge in [-0.3, -0.25) is 0 Å². The third-order valence-electron chi connectivity index (χ3n) is 1.92. The maximum absolute atomic E-state index is 13.0. The Bertz CT molecular complexity index is 430. The van der Waals surface area contributed by atoms with E-state index in [2.05, 4.69) is 9.47 Å². The van der Waals surface area contributed by atoms with Gasteiger partial charge in [-0.25, -0.2) is 14.0 Å². The molecule has 17 heavy (non-hydrogen) atoms. The maximum atomic E-state index is 13.0. The van der Waals surface area contributed by atoms with E-state index in [-0.39, 0.29) is 17.9 Å². The zero-order valence-corrected chi connectivity index (χ0v) is 9.36. The van der Waals surface area contributed by atoms with E-state index in [1.54, 1.807) is 0 Å². The molecule has 6 heteroatoms. The summed E-state index contributed by atoms with van der Waals surface area (Å²) in [5.74, 6) is -1.89. The van der Waals surface area contributed by atoms with Crippen LogP contribution in [-0.2, 0) is 14.3 Å². The molecular weight excluding hydrogens is 231 g/mol. The second-order valence-electron chi connectivity index (χ2n) is 3.00. The maximum Gasteiger partial charge on any atom is 0.343 e. The van der Waals surface area contributed by atoms with Gasteiger partial charge in [0.15, 0.2) is 6.61 Å². The molecule has 0 saturated carbocycles. The summed E-state index contributed by atoms with van der Waals surface area (Å²) >= 11 is 0. The van der Waals surface area contributed by atoms with Crippen LogP contribution in [0, 0.1) is 5.82 Å². The Kier molecular flexibility index (Phi) is 4.45. The topological polar surface area (TPSA) is 61.8 Å². The fourth-order valence-corrected chi connectivity index (χ4v) is 1.09. The molecule has 0 amide bonds. The summed E-state index contributed by atoms with van der Waals surface area (Å²) in [4.78, 5) is 22.2. The fourth-order valence-electron chi connectivity index (χ4n) is 1.09. The molecule has 1 rings (SSSR count). The fraction of sp³-hybridized carbons (Fsp3) is 0.273. The van der Waals surface area contributed by atoms with E-state index in [1.165, 1.54) is 13.2 Å². The van der Waals surface area contributed by atoms with Crippen molar-refractivity contribution >= 4 is 11.9 Å². The molecule has 0 aliphatic carbocycles. The summed E-state index contributed by atoms with van der Waals surface area (Å²) in [6.07, 6.45) is 0. The van der Waals surface area contributed by atoms with Gasteiger partial charge in [0.05, 0.1) is 14.2 Å². The number of benzene rings is 1. The van der Waals surface area contributed by atoms with E-state index < -0.39 is 17.8 Å². The first-order valence-corrected chi connectivity index (χ1v) is 4.66. The van der Waals surface area contributed by atoms with E-state index in [0.29, 0.717) is 0 Å². The van der Waals surface area contributed by atoms with Crippen LogP contribution in [0.5, 0.6) is 5.75 Å². The molecule has 0 aliphatic heterocycles. The molecule has 1 aromatic carbocycles. The van der Waals surface area contributed by atoms with Gasteiger partial charge in [-0.15, -0.1) is 0 Å². The number of hydrogen-bond donors (Lipinski definition) is 0. The third-order valence-corrected chi connectivity index (χ3v) is 1.92. The van der Waals surface area contributed by atoms with Crippen molar-refractivity contribution in [1.82, 2.24) is 0 Å². The van der Waals surface area contributed by atoms with Crippen molar-refractivity contribution in [2.75, 3.05) is 20.8 Å². The Balaban J connectivity index is 2.90. The minimum Gasteiger partial charge on any atom is -0.481 e. The van der Waals surface area contributed by atoms with Crippen LogP contribution in [0.15, 0.2) is 18.2 Å². The van der Waals surface area contributed by atoms with Crippen molar-refractivity contribution < 1.29 is 28.2 Å². The zero-order chi connectivity index (χ0) is 12.8. The van der Waals surface area contributed by atoms with E-state index in [4.69, 9.17) is 4.74 Å². The highest BCUT2D eigenvalue weighted by Gasteiger charge is 2.15. The summed E-state index contributed by atoms with van der Waals surface area (Å²) < 4.78 is 26.8. The number of carbonyl (C=O) groups is 2. The zero-order valence-electron chi connectivity index (χ0n) is 9.36. The summed E-state index contributed by atoms with van der Waals surface area (Å²) in [5, 5.41) is 0. The number of rotatable bonds is 4. The highest BCUT2D eigenvalue weighted by Crippen LogP contribution is 2.20. The van der Waals surface area contributed by atoms with Gasteiger partial charge < -0.3 is 14.2 Å². The molecule has 0 heterocycles. The summed E-state index contributed by atoms with van der Waals surface area (Å²) in [7, 11) is 2.37. The molecule has 0 N–H and O–H groups in total. The van der Waals surface area contributed by atoms with E-state index in [9.17, 15) is 14.0 Å². The monoisotopic (exact) mass is 242 g/mol. The molecule has 0 saturated heterocycles. The minimum atomic E-state index is -0.746. The van der Waals surface area contributed by atoms with Gasteiger partial charge in [0, 0.05) is 0 Å². The Morgan fingerprint density at radius 1 is 1.24 bits per heavy atom. The van der Waals surface area contributed by atoms with E-state index >= 15 is 0 Å². The normalized spacial score (nSPS) is 9.59. The highest BCUT2D eigenvalue weighted by molar-refractivity contribution is 5.92. The van der Waals surface area contributed by atoms with Gasteiger partial charge in [0.1, 0.15) is 17.1 Å². The summed E-state index contributed by atoms with van der Waals surface area (Å²) in [6, 6.07) is 3.32. The van der Waals surface area contributed by atoms with Crippen LogP contribution in [0.3, 0.4) is 0 Å². The average Bonchev–Trinajstić information content (AvgIpc) is 2.35. The molecule has 0 spiro atoms. The smallest absolute Gasteiger partial charge is 0.343 e. The van der Waals surface area contributed by atoms with Gasteiger partial charge in [-0.1, -0.05) is 0 Å². The second-order valence-corrected chi connectivity index (χ2v) is 3.00. The molecule has 92 valence electrons. The van der Waals surface area contributed by atoms with Crippen LogP contribution in [0.25, 0.3) is 0 Å². The number of halogens is 1. The summed E-state index contributed by atoms with van der Waals surface area (Å²) in [5.41, 5.74) is -0.0867. The molecule has 1 aromatic rings. The molecule has 0 unspecified atom stereocenters. The van der Waals surface area contributed by atoms with Crippen LogP contribution >= 0.6 is 0 Å². The molecule has 0 bridgehead atoms. The molecule has 5 nitrogen and oxygen atoms in total. The quantitative estimate of drug-likeness (QED) is 0.741. The van der Waals surface area contributed by atoms with Gasteiger partial charge in [-0.2, -0.15) is 0 Å². The van der Waals surface area contributed by atoms with Crippen LogP contribution in [-0.4, -0.2) is 32.8 Å². The minimum absolute atomic E-state index is 0.0589. The van der Waals surface area contributed by atoms with Gasteiger partial charge in [0.25, 0.3) is 0 Å². The predicted octanol–water partition coefficient (Wildman–Crippen LogP) is 1.16. The first-order valence-electron chi connectivity index (χ1n) is 4.66. The van der Waals surface area contributed by atoms with E-state index in [1.807, 2.05) is 0 Å². The highest BCUT2D eigenvalue weighted by atomic mass is 19.1. The van der Waals surface area contributed by atoms with Gasteiger partial charge in [-0.05, 0) is 18.2 Å². The van der Waals surface area contributed by atoms with E-state index in [0.717, 1.165) is 19.2 Å². The van der Waals surface area contributed by atoms with Crippen molar-refractivity contribution in [3.63, 3.8) is 0 Å². The van der Waals surface area contributed by atoms with Gasteiger partial charge in [0.2, 0.25) is 0 Å². The molecule has 0 aliphatic rings. The first-order chi connectivity index (χ1) is 8.08. The molecule has 0 aromatic heterocycles. The van der Waals surface area contributed by atoms with Crippen molar-refractivity contribution in [2.45, 2.75) is 0 Å². The number of esters is 2. The Morgan fingerprint density at radius 3 is 2.53 bits per heavy atom. The first kappa shape index (κ1) is 13.0.